The van der Waals surface area contributed by atoms with Crippen LogP contribution in [0.1, 0.15) is 0 Å². The minimum Gasteiger partial charge on any atom is -0.456 e. The molecule has 0 unspecified atom stereocenters. The van der Waals surface area contributed by atoms with Crippen molar-refractivity contribution in [1.29, 1.82) is 0 Å². The molecule has 0 aliphatic rings. The van der Waals surface area contributed by atoms with E-state index in [1.54, 1.807) is 0 Å². The normalized spacial score (nSPS) is 11.7. The van der Waals surface area contributed by atoms with Crippen molar-refractivity contribution in [3.63, 3.8) is 0 Å². The van der Waals surface area contributed by atoms with Gasteiger partial charge in [0.05, 0.1) is 11.0 Å². The molecule has 3 nitrogen and oxygen atoms in total. The number of hydrogen-bond donors (Lipinski definition) is 0. The molecule has 202 valence electrons. The largest absolute Gasteiger partial charge is 0.456 e. The molecule has 0 N–H and O–H groups in total. The van der Waals surface area contributed by atoms with Crippen LogP contribution in [0.25, 0.3) is 60.2 Å². The van der Waals surface area contributed by atoms with E-state index >= 15 is 0 Å². The van der Waals surface area contributed by atoms with E-state index in [4.69, 9.17) is 4.42 Å². The van der Waals surface area contributed by atoms with Crippen LogP contribution in [-0.2, 0) is 0 Å². The van der Waals surface area contributed by atoms with Crippen molar-refractivity contribution in [3.05, 3.63) is 158 Å². The Kier molecular flexibility index (Phi) is 5.20. The topological polar surface area (TPSA) is 21.3 Å². The Morgan fingerprint density at radius 1 is 0.419 bits per heavy atom. The van der Waals surface area contributed by atoms with Gasteiger partial charge in [0.1, 0.15) is 11.2 Å². The highest BCUT2D eigenvalue weighted by Gasteiger charge is 2.18. The van der Waals surface area contributed by atoms with Gasteiger partial charge in [-0.2, -0.15) is 0 Å². The second kappa shape index (κ2) is 9.37. The maximum absolute atomic E-state index is 6.25. The highest BCUT2D eigenvalue weighted by molar-refractivity contribution is 6.19. The smallest absolute Gasteiger partial charge is 0.136 e. The quantitative estimate of drug-likeness (QED) is 0.217. The minimum atomic E-state index is 0.908. The molecule has 7 aromatic carbocycles. The molecule has 3 heteroatoms. The number of fused-ring (bicyclic) bond motifs is 8. The Bertz CT molecular complexity index is 2450. The summed E-state index contributed by atoms with van der Waals surface area (Å²) in [5.41, 5.74) is 8.65. The Morgan fingerprint density at radius 2 is 1.07 bits per heavy atom. The van der Waals surface area contributed by atoms with E-state index < -0.39 is 0 Å². The monoisotopic (exact) mass is 550 g/mol. The van der Waals surface area contributed by atoms with Crippen LogP contribution in [0.2, 0.25) is 0 Å². The first-order valence-electron chi connectivity index (χ1n) is 14.6. The molecular formula is C40H26N2O. The predicted molar refractivity (Wildman–Crippen MR) is 180 cm³/mol. The van der Waals surface area contributed by atoms with Crippen LogP contribution in [0.4, 0.5) is 17.1 Å². The summed E-state index contributed by atoms with van der Waals surface area (Å²) >= 11 is 0. The van der Waals surface area contributed by atoms with Crippen molar-refractivity contribution in [2.45, 2.75) is 0 Å². The fourth-order valence-corrected chi connectivity index (χ4v) is 6.65. The summed E-state index contributed by atoms with van der Waals surface area (Å²) in [4.78, 5) is 2.35. The van der Waals surface area contributed by atoms with Gasteiger partial charge in [-0.3, -0.25) is 0 Å². The number of aromatic nitrogens is 1. The molecule has 0 aliphatic heterocycles. The van der Waals surface area contributed by atoms with Gasteiger partial charge in [0.2, 0.25) is 0 Å². The van der Waals surface area contributed by atoms with Gasteiger partial charge in [-0.1, -0.05) is 91.0 Å². The van der Waals surface area contributed by atoms with Gasteiger partial charge in [0.15, 0.2) is 0 Å². The summed E-state index contributed by atoms with van der Waals surface area (Å²) in [6.45, 7) is 0. The van der Waals surface area contributed by atoms with E-state index in [1.165, 1.54) is 32.6 Å². The second-order valence-corrected chi connectivity index (χ2v) is 11.0. The molecule has 2 heterocycles. The van der Waals surface area contributed by atoms with Crippen LogP contribution in [0.15, 0.2) is 162 Å². The molecule has 9 rings (SSSR count). The molecule has 0 saturated carbocycles. The van der Waals surface area contributed by atoms with Gasteiger partial charge in [-0.05, 0) is 77.5 Å². The molecule has 0 fully saturated rings. The lowest BCUT2D eigenvalue weighted by Gasteiger charge is -2.26. The number of para-hydroxylation sites is 4. The van der Waals surface area contributed by atoms with Crippen LogP contribution in [0.5, 0.6) is 0 Å². The molecule has 2 aromatic heterocycles. The molecule has 43 heavy (non-hydrogen) atoms. The maximum atomic E-state index is 6.25. The zero-order chi connectivity index (χ0) is 28.3. The first-order valence-corrected chi connectivity index (χ1v) is 14.6. The summed E-state index contributed by atoms with van der Waals surface area (Å²) < 4.78 is 8.62. The number of hydrogen-bond acceptors (Lipinski definition) is 2. The van der Waals surface area contributed by atoms with Crippen LogP contribution in [-0.4, -0.2) is 4.57 Å². The van der Waals surface area contributed by atoms with Gasteiger partial charge in [-0.25, -0.2) is 0 Å². The molecule has 9 aromatic rings. The third-order valence-electron chi connectivity index (χ3n) is 8.55. The standard InChI is InChI=1S/C40H26N2O/c1-3-11-28(12-4-1)41(30-21-19-27-20-24-39-40(35(27)25-30)34-16-8-10-18-38(34)43-39)31-22-23-33-32-15-7-9-17-36(32)42(37(33)26-31)29-13-5-2-6-14-29/h1-26H. The number of furan rings is 1. The Balaban J connectivity index is 1.32. The summed E-state index contributed by atoms with van der Waals surface area (Å²) in [7, 11) is 0. The fraction of sp³-hybridized carbons (Fsp3) is 0. The molecule has 0 bridgehead atoms. The second-order valence-electron chi connectivity index (χ2n) is 11.0. The van der Waals surface area contributed by atoms with Crippen molar-refractivity contribution in [2.75, 3.05) is 4.90 Å². The predicted octanol–water partition coefficient (Wildman–Crippen LogP) is 11.3. The Hall–Kier alpha value is -5.80. The molecular weight excluding hydrogens is 524 g/mol. The molecule has 0 atom stereocenters. The van der Waals surface area contributed by atoms with E-state index in [2.05, 4.69) is 155 Å². The van der Waals surface area contributed by atoms with E-state index in [0.717, 1.165) is 44.7 Å². The third kappa shape index (κ3) is 3.68. The lowest BCUT2D eigenvalue weighted by atomic mass is 10.0. The van der Waals surface area contributed by atoms with Gasteiger partial charge >= 0.3 is 0 Å². The SMILES string of the molecule is c1ccc(N(c2ccc3ccc4oc5ccccc5c4c3c2)c2ccc3c4ccccc4n(-c4ccccc4)c3c2)cc1. The first-order chi connectivity index (χ1) is 21.3. The van der Waals surface area contributed by atoms with Crippen molar-refractivity contribution in [3.8, 4) is 5.69 Å². The lowest BCUT2D eigenvalue weighted by Crippen LogP contribution is -2.10. The van der Waals surface area contributed by atoms with E-state index in [-0.39, 0.29) is 0 Å². The summed E-state index contributed by atoms with van der Waals surface area (Å²) in [6.07, 6.45) is 0. The van der Waals surface area contributed by atoms with Crippen LogP contribution < -0.4 is 4.90 Å². The zero-order valence-corrected chi connectivity index (χ0v) is 23.3. The van der Waals surface area contributed by atoms with Crippen molar-refractivity contribution < 1.29 is 4.42 Å². The highest BCUT2D eigenvalue weighted by atomic mass is 16.3. The summed E-state index contributed by atoms with van der Waals surface area (Å²) in [6, 6.07) is 56.1. The Labute approximate surface area is 248 Å². The fourth-order valence-electron chi connectivity index (χ4n) is 6.65. The van der Waals surface area contributed by atoms with Gasteiger partial charge in [0, 0.05) is 44.3 Å². The van der Waals surface area contributed by atoms with Crippen molar-refractivity contribution in [2.24, 2.45) is 0 Å². The number of rotatable bonds is 4. The molecule has 0 amide bonds. The first kappa shape index (κ1) is 23.9. The maximum Gasteiger partial charge on any atom is 0.136 e. The number of anilines is 3. The molecule has 0 spiro atoms. The van der Waals surface area contributed by atoms with Gasteiger partial charge in [0.25, 0.3) is 0 Å². The Morgan fingerprint density at radius 3 is 1.93 bits per heavy atom. The van der Waals surface area contributed by atoms with Crippen LogP contribution in [0, 0.1) is 0 Å². The van der Waals surface area contributed by atoms with Gasteiger partial charge < -0.3 is 13.9 Å². The van der Waals surface area contributed by atoms with E-state index in [9.17, 15) is 0 Å². The number of nitrogens with zero attached hydrogens (tertiary/aromatic N) is 2. The summed E-state index contributed by atoms with van der Waals surface area (Å²) in [5.74, 6) is 0. The zero-order valence-electron chi connectivity index (χ0n) is 23.3. The summed E-state index contributed by atoms with van der Waals surface area (Å²) in [5, 5.41) is 7.15. The van der Waals surface area contributed by atoms with Crippen LogP contribution >= 0.6 is 0 Å². The van der Waals surface area contributed by atoms with Crippen LogP contribution in [0.3, 0.4) is 0 Å². The average Bonchev–Trinajstić information content (AvgIpc) is 3.62. The molecule has 0 saturated heterocycles. The average molecular weight is 551 g/mol. The highest BCUT2D eigenvalue weighted by Crippen LogP contribution is 2.42. The van der Waals surface area contributed by atoms with Gasteiger partial charge in [-0.15, -0.1) is 0 Å². The third-order valence-corrected chi connectivity index (χ3v) is 8.55. The van der Waals surface area contributed by atoms with Crippen molar-refractivity contribution >= 4 is 71.6 Å². The number of benzene rings is 7. The van der Waals surface area contributed by atoms with Crippen molar-refractivity contribution in [1.82, 2.24) is 4.57 Å². The molecule has 0 radical (unpaired) electrons. The molecule has 0 aliphatic carbocycles. The van der Waals surface area contributed by atoms with E-state index in [1.807, 2.05) is 12.1 Å². The lowest BCUT2D eigenvalue weighted by molar-refractivity contribution is 0.669. The van der Waals surface area contributed by atoms with E-state index in [0.29, 0.717) is 0 Å². The minimum absolute atomic E-state index is 0.908.